The van der Waals surface area contributed by atoms with Crippen LogP contribution in [0.25, 0.3) is 0 Å². The monoisotopic (exact) mass is 467 g/mol. The third-order valence-electron chi connectivity index (χ3n) is 4.89. The first-order valence-electron chi connectivity index (χ1n) is 9.35. The molecule has 1 aliphatic heterocycles. The van der Waals surface area contributed by atoms with Gasteiger partial charge in [0.2, 0.25) is 0 Å². The van der Waals surface area contributed by atoms with Crippen LogP contribution in [0.4, 0.5) is 0 Å². The Morgan fingerprint density at radius 3 is 2.85 bits per heavy atom. The van der Waals surface area contributed by atoms with Crippen LogP contribution in [-0.4, -0.2) is 47.2 Å². The van der Waals surface area contributed by atoms with Crippen LogP contribution in [0.5, 0.6) is 0 Å². The second kappa shape index (κ2) is 10.5. The summed E-state index contributed by atoms with van der Waals surface area (Å²) in [6, 6.07) is 10.8. The summed E-state index contributed by atoms with van der Waals surface area (Å²) in [5.41, 5.74) is 3.91. The highest BCUT2D eigenvalue weighted by atomic mass is 127. The van der Waals surface area contributed by atoms with E-state index in [0.717, 1.165) is 45.0 Å². The number of aromatic nitrogens is 2. The summed E-state index contributed by atoms with van der Waals surface area (Å²) >= 11 is 0. The zero-order valence-electron chi connectivity index (χ0n) is 15.7. The topological polar surface area (TPSA) is 56.3 Å². The number of nitrogens with zero attached hydrogens (tertiary/aromatic N) is 3. The molecule has 0 bridgehead atoms. The van der Waals surface area contributed by atoms with Crippen LogP contribution in [0.1, 0.15) is 42.5 Å². The number of rotatable bonds is 6. The summed E-state index contributed by atoms with van der Waals surface area (Å²) in [5.74, 6) is 1.67. The number of halogens is 1. The van der Waals surface area contributed by atoms with Gasteiger partial charge in [0.05, 0.1) is 6.20 Å². The molecule has 1 fully saturated rings. The Kier molecular flexibility index (Phi) is 8.41. The molecule has 1 aliphatic rings. The van der Waals surface area contributed by atoms with Gasteiger partial charge in [0, 0.05) is 37.8 Å². The van der Waals surface area contributed by atoms with Crippen molar-refractivity contribution in [1.82, 2.24) is 20.4 Å². The maximum atomic E-state index is 4.85. The summed E-state index contributed by atoms with van der Waals surface area (Å²) in [6.45, 7) is 8.09. The van der Waals surface area contributed by atoms with E-state index in [1.807, 2.05) is 6.20 Å². The van der Waals surface area contributed by atoms with E-state index in [2.05, 4.69) is 64.6 Å². The highest BCUT2D eigenvalue weighted by Crippen LogP contribution is 2.26. The molecule has 0 amide bonds. The van der Waals surface area contributed by atoms with Crippen LogP contribution in [0, 0.1) is 6.92 Å². The minimum absolute atomic E-state index is 0. The number of aliphatic imine (C=N–C) groups is 1. The van der Waals surface area contributed by atoms with Gasteiger partial charge in [-0.3, -0.25) is 10.1 Å². The zero-order chi connectivity index (χ0) is 17.5. The normalized spacial score (nSPS) is 17.2. The van der Waals surface area contributed by atoms with Crippen molar-refractivity contribution >= 4 is 29.9 Å². The van der Waals surface area contributed by atoms with E-state index in [-0.39, 0.29) is 24.0 Å². The zero-order valence-corrected chi connectivity index (χ0v) is 18.1. The largest absolute Gasteiger partial charge is 0.357 e. The Bertz CT molecular complexity index is 683. The number of aryl methyl sites for hydroxylation is 2. The molecule has 1 atom stereocenters. The van der Waals surface area contributed by atoms with Crippen molar-refractivity contribution in [1.29, 1.82) is 0 Å². The van der Waals surface area contributed by atoms with Gasteiger partial charge < -0.3 is 10.2 Å². The number of hydrogen-bond acceptors (Lipinski definition) is 2. The van der Waals surface area contributed by atoms with Gasteiger partial charge in [-0.25, -0.2) is 0 Å². The van der Waals surface area contributed by atoms with Crippen LogP contribution in [-0.2, 0) is 6.42 Å². The molecule has 26 heavy (non-hydrogen) atoms. The minimum atomic E-state index is 0. The Morgan fingerprint density at radius 2 is 2.15 bits per heavy atom. The number of hydrogen-bond donors (Lipinski definition) is 2. The van der Waals surface area contributed by atoms with E-state index in [0.29, 0.717) is 5.92 Å². The number of likely N-dealkylation sites (tertiary alicyclic amines) is 1. The number of H-pyrrole nitrogens is 1. The fraction of sp³-hybridized carbons (Fsp3) is 0.500. The van der Waals surface area contributed by atoms with Crippen LogP contribution in [0.3, 0.4) is 0 Å². The van der Waals surface area contributed by atoms with E-state index in [9.17, 15) is 0 Å². The lowest BCUT2D eigenvalue weighted by atomic mass is 9.99. The average Bonchev–Trinajstić information content (AvgIpc) is 3.28. The Morgan fingerprint density at radius 1 is 1.35 bits per heavy atom. The van der Waals surface area contributed by atoms with Gasteiger partial charge in [-0.1, -0.05) is 30.3 Å². The Labute approximate surface area is 173 Å². The molecule has 1 aromatic carbocycles. The van der Waals surface area contributed by atoms with Crippen molar-refractivity contribution in [2.24, 2.45) is 4.99 Å². The maximum absolute atomic E-state index is 4.85. The molecule has 2 heterocycles. The first-order valence-corrected chi connectivity index (χ1v) is 9.35. The SMILES string of the molecule is CCNC(=NCCCc1cn[nH]c1C)N1CCC(c2ccccc2)C1.I. The van der Waals surface area contributed by atoms with Gasteiger partial charge >= 0.3 is 0 Å². The molecule has 2 aromatic rings. The molecular weight excluding hydrogens is 437 g/mol. The van der Waals surface area contributed by atoms with E-state index in [1.54, 1.807) is 0 Å². The molecule has 5 nitrogen and oxygen atoms in total. The first kappa shape index (κ1) is 20.7. The van der Waals surface area contributed by atoms with Crippen molar-refractivity contribution in [3.05, 3.63) is 53.3 Å². The van der Waals surface area contributed by atoms with E-state index < -0.39 is 0 Å². The molecule has 1 aromatic heterocycles. The van der Waals surface area contributed by atoms with Gasteiger partial charge in [-0.05, 0) is 44.2 Å². The molecular formula is C20H30IN5. The summed E-state index contributed by atoms with van der Waals surface area (Å²) in [6.07, 6.45) is 5.20. The quantitative estimate of drug-likeness (QED) is 0.295. The molecule has 0 spiro atoms. The molecule has 1 unspecified atom stereocenters. The predicted octanol–water partition coefficient (Wildman–Crippen LogP) is 3.72. The van der Waals surface area contributed by atoms with Crippen molar-refractivity contribution in [3.63, 3.8) is 0 Å². The molecule has 1 saturated heterocycles. The van der Waals surface area contributed by atoms with Crippen LogP contribution < -0.4 is 5.32 Å². The molecule has 0 saturated carbocycles. The Hall–Kier alpha value is -1.57. The predicted molar refractivity (Wildman–Crippen MR) is 118 cm³/mol. The second-order valence-corrected chi connectivity index (χ2v) is 6.70. The smallest absolute Gasteiger partial charge is 0.193 e. The van der Waals surface area contributed by atoms with Gasteiger partial charge in [0.15, 0.2) is 5.96 Å². The van der Waals surface area contributed by atoms with Gasteiger partial charge in [-0.2, -0.15) is 5.10 Å². The van der Waals surface area contributed by atoms with Gasteiger partial charge in [-0.15, -0.1) is 24.0 Å². The van der Waals surface area contributed by atoms with Gasteiger partial charge in [0.1, 0.15) is 0 Å². The van der Waals surface area contributed by atoms with Crippen LogP contribution >= 0.6 is 24.0 Å². The second-order valence-electron chi connectivity index (χ2n) is 6.70. The number of nitrogens with one attached hydrogen (secondary N) is 2. The minimum Gasteiger partial charge on any atom is -0.357 e. The van der Waals surface area contributed by atoms with Crippen molar-refractivity contribution in [2.75, 3.05) is 26.2 Å². The molecule has 3 rings (SSSR count). The highest BCUT2D eigenvalue weighted by molar-refractivity contribution is 14.0. The number of guanidine groups is 1. The first-order chi connectivity index (χ1) is 12.3. The third kappa shape index (κ3) is 5.46. The van der Waals surface area contributed by atoms with Crippen LogP contribution in [0.2, 0.25) is 0 Å². The summed E-state index contributed by atoms with van der Waals surface area (Å²) in [4.78, 5) is 7.26. The van der Waals surface area contributed by atoms with Crippen LogP contribution in [0.15, 0.2) is 41.5 Å². The molecule has 0 radical (unpaired) electrons. The number of aromatic amines is 1. The lowest BCUT2D eigenvalue weighted by molar-refractivity contribution is 0.485. The van der Waals surface area contributed by atoms with Gasteiger partial charge in [0.25, 0.3) is 0 Å². The Balaban J connectivity index is 0.00000243. The third-order valence-corrected chi connectivity index (χ3v) is 4.89. The van der Waals surface area contributed by atoms with E-state index in [4.69, 9.17) is 4.99 Å². The van der Waals surface area contributed by atoms with Crippen molar-refractivity contribution < 1.29 is 0 Å². The fourth-order valence-corrected chi connectivity index (χ4v) is 3.46. The standard InChI is InChI=1S/C20H29N5.HI/c1-3-21-20(22-12-7-10-18-14-23-24-16(18)2)25-13-11-19(15-25)17-8-5-4-6-9-17;/h4-6,8-9,14,19H,3,7,10-13,15H2,1-2H3,(H,21,22)(H,23,24);1H. The highest BCUT2D eigenvalue weighted by Gasteiger charge is 2.25. The average molecular weight is 467 g/mol. The summed E-state index contributed by atoms with van der Waals surface area (Å²) < 4.78 is 0. The van der Waals surface area contributed by atoms with E-state index in [1.165, 1.54) is 23.2 Å². The molecule has 142 valence electrons. The molecule has 0 aliphatic carbocycles. The van der Waals surface area contributed by atoms with E-state index >= 15 is 0 Å². The summed E-state index contributed by atoms with van der Waals surface area (Å²) in [5, 5.41) is 10.5. The van der Waals surface area contributed by atoms with Crippen molar-refractivity contribution in [2.45, 2.75) is 39.0 Å². The summed E-state index contributed by atoms with van der Waals surface area (Å²) in [7, 11) is 0. The number of benzene rings is 1. The maximum Gasteiger partial charge on any atom is 0.193 e. The lowest BCUT2D eigenvalue weighted by Crippen LogP contribution is -2.40. The molecule has 2 N–H and O–H groups in total. The van der Waals surface area contributed by atoms with Crippen molar-refractivity contribution in [3.8, 4) is 0 Å². The molecule has 6 heteroatoms. The fourth-order valence-electron chi connectivity index (χ4n) is 3.46. The lowest BCUT2D eigenvalue weighted by Gasteiger charge is -2.21.